The van der Waals surface area contributed by atoms with Gasteiger partial charge in [0.25, 0.3) is 0 Å². The van der Waals surface area contributed by atoms with E-state index in [1.165, 1.54) is 0 Å². The zero-order valence-electron chi connectivity index (χ0n) is 16.5. The van der Waals surface area contributed by atoms with Crippen LogP contribution in [0.4, 0.5) is 4.79 Å². The van der Waals surface area contributed by atoms with E-state index < -0.39 is 5.60 Å². The summed E-state index contributed by atoms with van der Waals surface area (Å²) in [7, 11) is 1.62. The molecule has 1 aromatic heterocycles. The number of piperidine rings is 1. The first-order valence-corrected chi connectivity index (χ1v) is 8.98. The van der Waals surface area contributed by atoms with Gasteiger partial charge in [-0.05, 0) is 40.7 Å². The number of likely N-dealkylation sites (tertiary alicyclic amines) is 1. The van der Waals surface area contributed by atoms with E-state index in [-0.39, 0.29) is 24.4 Å². The van der Waals surface area contributed by atoms with Crippen LogP contribution in [0.15, 0.2) is 18.3 Å². The third kappa shape index (κ3) is 6.05. The Morgan fingerprint density at radius 1 is 1.27 bits per heavy atom. The van der Waals surface area contributed by atoms with Crippen molar-refractivity contribution in [2.24, 2.45) is 0 Å². The lowest BCUT2D eigenvalue weighted by Gasteiger charge is -2.37. The largest absolute Gasteiger partial charge is 0.489 e. The van der Waals surface area contributed by atoms with Crippen LogP contribution in [0.3, 0.4) is 0 Å². The zero-order chi connectivity index (χ0) is 19.3. The number of rotatable bonds is 5. The number of amides is 1. The molecule has 1 aromatic rings. The van der Waals surface area contributed by atoms with E-state index in [1.807, 2.05) is 40.7 Å². The van der Waals surface area contributed by atoms with Crippen molar-refractivity contribution in [1.29, 1.82) is 0 Å². The average molecular weight is 366 g/mol. The lowest BCUT2D eigenvalue weighted by molar-refractivity contribution is -0.0564. The van der Waals surface area contributed by atoms with Crippen molar-refractivity contribution in [3.8, 4) is 11.6 Å². The van der Waals surface area contributed by atoms with Gasteiger partial charge in [-0.3, -0.25) is 0 Å². The van der Waals surface area contributed by atoms with Gasteiger partial charge in [0.1, 0.15) is 23.6 Å². The predicted molar refractivity (Wildman–Crippen MR) is 97.6 cm³/mol. The quantitative estimate of drug-likeness (QED) is 0.796. The lowest BCUT2D eigenvalue weighted by atomic mass is 10.0. The van der Waals surface area contributed by atoms with E-state index >= 15 is 0 Å². The van der Waals surface area contributed by atoms with Gasteiger partial charge in [0.15, 0.2) is 0 Å². The Balaban J connectivity index is 1.94. The van der Waals surface area contributed by atoms with Crippen molar-refractivity contribution in [2.75, 3.05) is 20.2 Å². The third-order valence-electron chi connectivity index (χ3n) is 3.81. The van der Waals surface area contributed by atoms with E-state index in [9.17, 15) is 4.79 Å². The minimum Gasteiger partial charge on any atom is -0.489 e. The van der Waals surface area contributed by atoms with Crippen LogP contribution in [-0.2, 0) is 9.47 Å². The fraction of sp³-hybridized carbons (Fsp3) is 0.684. The molecule has 0 bridgehead atoms. The second-order valence-electron chi connectivity index (χ2n) is 7.64. The van der Waals surface area contributed by atoms with Gasteiger partial charge in [0.2, 0.25) is 5.88 Å². The van der Waals surface area contributed by atoms with Crippen LogP contribution in [-0.4, -0.2) is 60.1 Å². The highest BCUT2D eigenvalue weighted by atomic mass is 16.6. The van der Waals surface area contributed by atoms with Gasteiger partial charge in [0, 0.05) is 26.1 Å². The Morgan fingerprint density at radius 2 is 2.00 bits per heavy atom. The normalized spacial score (nSPS) is 20.8. The van der Waals surface area contributed by atoms with Gasteiger partial charge in [0.05, 0.1) is 18.8 Å². The molecule has 0 spiro atoms. The summed E-state index contributed by atoms with van der Waals surface area (Å²) in [5.41, 5.74) is -0.517. The van der Waals surface area contributed by atoms with Gasteiger partial charge in [-0.2, -0.15) is 0 Å². The van der Waals surface area contributed by atoms with Crippen molar-refractivity contribution < 1.29 is 23.7 Å². The summed E-state index contributed by atoms with van der Waals surface area (Å²) in [6, 6.07) is 3.62. The van der Waals surface area contributed by atoms with E-state index in [1.54, 1.807) is 24.3 Å². The van der Waals surface area contributed by atoms with Crippen molar-refractivity contribution in [3.05, 3.63) is 18.3 Å². The van der Waals surface area contributed by atoms with Crippen LogP contribution in [0.5, 0.6) is 11.6 Å². The average Bonchev–Trinajstić information content (AvgIpc) is 2.55. The van der Waals surface area contributed by atoms with Crippen molar-refractivity contribution in [1.82, 2.24) is 9.88 Å². The first-order chi connectivity index (χ1) is 12.2. The Hall–Kier alpha value is -2.02. The van der Waals surface area contributed by atoms with Gasteiger partial charge >= 0.3 is 6.09 Å². The fourth-order valence-electron chi connectivity index (χ4n) is 2.68. The molecule has 0 saturated carbocycles. The molecule has 146 valence electrons. The number of ether oxygens (including phenoxy) is 4. The van der Waals surface area contributed by atoms with Crippen LogP contribution in [0.25, 0.3) is 0 Å². The number of nitrogens with zero attached hydrogens (tertiary/aromatic N) is 2. The zero-order valence-corrected chi connectivity index (χ0v) is 16.5. The summed E-state index contributed by atoms with van der Waals surface area (Å²) < 4.78 is 22.5. The number of carbonyl (C=O) groups excluding carboxylic acids is 1. The minimum absolute atomic E-state index is 0.0959. The lowest BCUT2D eigenvalue weighted by Crippen LogP contribution is -2.52. The highest BCUT2D eigenvalue weighted by Gasteiger charge is 2.35. The van der Waals surface area contributed by atoms with E-state index in [4.69, 9.17) is 18.9 Å². The van der Waals surface area contributed by atoms with Gasteiger partial charge in [-0.15, -0.1) is 0 Å². The Labute approximate surface area is 155 Å². The number of hydrogen-bond donors (Lipinski definition) is 0. The molecule has 7 nitrogen and oxygen atoms in total. The molecule has 1 saturated heterocycles. The van der Waals surface area contributed by atoms with E-state index in [0.29, 0.717) is 31.1 Å². The standard InChI is InChI=1S/C19H30N2O5/c1-13(2)24-14-7-8-17(20-11-14)25-15-9-10-21(12-16(15)23-6)18(22)26-19(3,4)5/h7-8,11,13,15-16H,9-10,12H2,1-6H3/t15-,16-/m1/s1. The molecule has 1 fully saturated rings. The predicted octanol–water partition coefficient (Wildman–Crippen LogP) is 3.27. The van der Waals surface area contributed by atoms with Crippen LogP contribution in [0, 0.1) is 0 Å². The highest BCUT2D eigenvalue weighted by molar-refractivity contribution is 5.68. The van der Waals surface area contributed by atoms with Crippen LogP contribution >= 0.6 is 0 Å². The third-order valence-corrected chi connectivity index (χ3v) is 3.81. The van der Waals surface area contributed by atoms with Crippen molar-refractivity contribution in [2.45, 2.75) is 65.0 Å². The molecule has 0 aromatic carbocycles. The molecule has 0 unspecified atom stereocenters. The smallest absolute Gasteiger partial charge is 0.410 e. The van der Waals surface area contributed by atoms with Crippen LogP contribution in [0.2, 0.25) is 0 Å². The summed E-state index contributed by atoms with van der Waals surface area (Å²) in [6.45, 7) is 10.5. The van der Waals surface area contributed by atoms with Gasteiger partial charge < -0.3 is 23.8 Å². The SMILES string of the molecule is CO[C@@H]1CN(C(=O)OC(C)(C)C)CC[C@H]1Oc1ccc(OC(C)C)cn1. The summed E-state index contributed by atoms with van der Waals surface area (Å²) in [5.74, 6) is 1.22. The molecule has 0 N–H and O–H groups in total. The molecule has 26 heavy (non-hydrogen) atoms. The Bertz CT molecular complexity index is 583. The topological polar surface area (TPSA) is 70.1 Å². The number of pyridine rings is 1. The molecule has 1 aliphatic heterocycles. The molecular weight excluding hydrogens is 336 g/mol. The fourth-order valence-corrected chi connectivity index (χ4v) is 2.68. The number of hydrogen-bond acceptors (Lipinski definition) is 6. The second kappa shape index (κ2) is 8.58. The van der Waals surface area contributed by atoms with Crippen molar-refractivity contribution >= 4 is 6.09 Å². The number of methoxy groups -OCH3 is 1. The van der Waals surface area contributed by atoms with Gasteiger partial charge in [-0.25, -0.2) is 9.78 Å². The first kappa shape index (κ1) is 20.3. The summed E-state index contributed by atoms with van der Waals surface area (Å²) in [6.07, 6.45) is 1.63. The maximum Gasteiger partial charge on any atom is 0.410 e. The molecule has 2 rings (SSSR count). The molecule has 1 amide bonds. The minimum atomic E-state index is -0.517. The van der Waals surface area contributed by atoms with Crippen molar-refractivity contribution in [3.63, 3.8) is 0 Å². The molecule has 2 atom stereocenters. The molecule has 0 radical (unpaired) electrons. The maximum atomic E-state index is 12.2. The second-order valence-corrected chi connectivity index (χ2v) is 7.64. The summed E-state index contributed by atoms with van der Waals surface area (Å²) in [5, 5.41) is 0. The summed E-state index contributed by atoms with van der Waals surface area (Å²) >= 11 is 0. The number of aromatic nitrogens is 1. The monoisotopic (exact) mass is 366 g/mol. The van der Waals surface area contributed by atoms with E-state index in [0.717, 1.165) is 0 Å². The molecule has 0 aliphatic carbocycles. The van der Waals surface area contributed by atoms with Crippen LogP contribution < -0.4 is 9.47 Å². The number of carbonyl (C=O) groups is 1. The van der Waals surface area contributed by atoms with Gasteiger partial charge in [-0.1, -0.05) is 0 Å². The highest BCUT2D eigenvalue weighted by Crippen LogP contribution is 2.23. The Kier molecular flexibility index (Phi) is 6.69. The van der Waals surface area contributed by atoms with E-state index in [2.05, 4.69) is 4.98 Å². The maximum absolute atomic E-state index is 12.2. The Morgan fingerprint density at radius 3 is 2.54 bits per heavy atom. The molecule has 7 heteroatoms. The summed E-state index contributed by atoms with van der Waals surface area (Å²) in [4.78, 5) is 18.2. The molecule has 1 aliphatic rings. The first-order valence-electron chi connectivity index (χ1n) is 8.98. The molecular formula is C19H30N2O5. The molecule has 2 heterocycles. The van der Waals surface area contributed by atoms with Crippen LogP contribution in [0.1, 0.15) is 41.0 Å².